The quantitative estimate of drug-likeness (QED) is 0.114. The van der Waals surface area contributed by atoms with Crippen molar-refractivity contribution in [1.29, 1.82) is 0 Å². The Morgan fingerprint density at radius 1 is 0.596 bits per heavy atom. The predicted octanol–water partition coefficient (Wildman–Crippen LogP) is 12.4. The number of nitrogens with one attached hydrogen (secondary N) is 2. The normalized spacial score (nSPS) is 16.5. The first-order valence-corrected chi connectivity index (χ1v) is 27.7. The van der Waals surface area contributed by atoms with E-state index in [1.54, 1.807) is 16.3 Å². The minimum atomic E-state index is -1.49. The van der Waals surface area contributed by atoms with Crippen LogP contribution >= 0.6 is 0 Å². The Kier molecular flexibility index (Phi) is 9.90. The van der Waals surface area contributed by atoms with Crippen LogP contribution in [0.1, 0.15) is 92.7 Å². The van der Waals surface area contributed by atoms with Crippen LogP contribution < -0.4 is 26.2 Å². The van der Waals surface area contributed by atoms with Gasteiger partial charge in [-0.15, -0.1) is 0 Å². The highest BCUT2D eigenvalue weighted by Crippen LogP contribution is 2.49. The lowest BCUT2D eigenvalue weighted by atomic mass is 9.77. The smallest absolute Gasteiger partial charge is 0.0792 e. The van der Waals surface area contributed by atoms with Crippen LogP contribution in [0.25, 0.3) is 32.3 Å². The molecular weight excluding hydrogens is 677 g/mol. The zero-order valence-corrected chi connectivity index (χ0v) is 35.7. The molecule has 0 bridgehead atoms. The summed E-state index contributed by atoms with van der Waals surface area (Å²) in [5, 5.41) is 21.2. The van der Waals surface area contributed by atoms with Gasteiger partial charge in [0.25, 0.3) is 0 Å². The van der Waals surface area contributed by atoms with E-state index in [9.17, 15) is 0 Å². The molecule has 6 aromatic carbocycles. The Bertz CT molecular complexity index is 2240. The molecule has 0 amide bonds. The molecule has 2 saturated carbocycles. The maximum absolute atomic E-state index is 4.09. The molecule has 2 fully saturated rings. The Morgan fingerprint density at radius 2 is 1.10 bits per heavy atom. The maximum atomic E-state index is 4.09. The molecular formula is C47H57N2Si3. The molecule has 2 aliphatic carbocycles. The standard InChI is InChI=1S/C47H57N2Si3/c1-30-22-33(25-36(23-30)51(3)4)48-44-28-42(31-14-10-8-11-15-31)38-19-21-41-45(49-34-24-35(50-2)27-37(26-34)52(5,6)7)29-43(32-16-12-9-13-17-32)39-18-20-40(44)46(38)47(39)41/h18-29,31-32,48-49H,8-17H2,1-7H3. The Morgan fingerprint density at radius 3 is 1.58 bits per heavy atom. The zero-order chi connectivity index (χ0) is 36.1. The molecule has 3 radical (unpaired) electrons. The molecule has 6 aromatic rings. The SMILES string of the molecule is C[Si]c1cc(Nc2cc(C3CCCCC3)c3ccc4c(Nc5cc(C)cc([Si](C)C)c5)cc(C5CCCCC5)c5ccc2c3c45)cc([Si](C)(C)C)c1. The van der Waals surface area contributed by atoms with Crippen molar-refractivity contribution >= 4 is 97.0 Å². The largest absolute Gasteiger partial charge is 0.355 e. The van der Waals surface area contributed by atoms with Crippen LogP contribution in [0.3, 0.4) is 0 Å². The number of rotatable bonds is 9. The van der Waals surface area contributed by atoms with Gasteiger partial charge in [0, 0.05) is 33.5 Å². The van der Waals surface area contributed by atoms with Crippen LogP contribution in [0.5, 0.6) is 0 Å². The van der Waals surface area contributed by atoms with E-state index in [0.29, 0.717) is 11.8 Å². The predicted molar refractivity (Wildman–Crippen MR) is 237 cm³/mol. The summed E-state index contributed by atoms with van der Waals surface area (Å²) < 4.78 is 0. The van der Waals surface area contributed by atoms with Crippen LogP contribution in [-0.2, 0) is 0 Å². The molecule has 0 heterocycles. The lowest BCUT2D eigenvalue weighted by molar-refractivity contribution is 0.445. The molecule has 52 heavy (non-hydrogen) atoms. The first kappa shape index (κ1) is 35.6. The van der Waals surface area contributed by atoms with Crippen molar-refractivity contribution in [1.82, 2.24) is 0 Å². The minimum Gasteiger partial charge on any atom is -0.355 e. The molecule has 0 aromatic heterocycles. The molecule has 0 aliphatic heterocycles. The maximum Gasteiger partial charge on any atom is 0.0792 e. The van der Waals surface area contributed by atoms with Gasteiger partial charge in [-0.1, -0.05) is 130 Å². The summed E-state index contributed by atoms with van der Waals surface area (Å²) in [6.07, 6.45) is 13.3. The number of hydrogen-bond donors (Lipinski definition) is 2. The Balaban J connectivity index is 1.39. The van der Waals surface area contributed by atoms with Crippen molar-refractivity contribution in [3.8, 4) is 0 Å². The van der Waals surface area contributed by atoms with Crippen LogP contribution in [0.4, 0.5) is 22.7 Å². The number of aryl methyl sites for hydroxylation is 1. The molecule has 2 N–H and O–H groups in total. The molecule has 0 spiro atoms. The molecule has 5 heteroatoms. The third-order valence-corrected chi connectivity index (χ3v) is 16.7. The number of hydrogen-bond acceptors (Lipinski definition) is 2. The molecule has 0 saturated heterocycles. The molecule has 8 rings (SSSR count). The summed E-state index contributed by atoms with van der Waals surface area (Å²) in [5.74, 6) is 1.22. The van der Waals surface area contributed by atoms with Crippen molar-refractivity contribution in [2.24, 2.45) is 0 Å². The van der Waals surface area contributed by atoms with Gasteiger partial charge in [-0.3, -0.25) is 0 Å². The van der Waals surface area contributed by atoms with Crippen LogP contribution in [0, 0.1) is 6.92 Å². The monoisotopic (exact) mass is 733 g/mol. The molecule has 0 unspecified atom stereocenters. The van der Waals surface area contributed by atoms with E-state index >= 15 is 0 Å². The first-order valence-electron chi connectivity index (χ1n) is 20.2. The van der Waals surface area contributed by atoms with Gasteiger partial charge in [0.2, 0.25) is 0 Å². The second-order valence-corrected chi connectivity index (χ2v) is 26.1. The summed E-state index contributed by atoms with van der Waals surface area (Å²) in [5.41, 5.74) is 9.49. The average molecular weight is 734 g/mol. The highest BCUT2D eigenvalue weighted by molar-refractivity contribution is 6.89. The van der Waals surface area contributed by atoms with E-state index in [1.807, 2.05) is 0 Å². The summed E-state index contributed by atoms with van der Waals surface area (Å²) in [7, 11) is -1.26. The molecule has 2 nitrogen and oxygen atoms in total. The molecule has 267 valence electrons. The lowest BCUT2D eigenvalue weighted by Crippen LogP contribution is -2.40. The van der Waals surface area contributed by atoms with Gasteiger partial charge < -0.3 is 10.6 Å². The summed E-state index contributed by atoms with van der Waals surface area (Å²) >= 11 is 0. The second kappa shape index (κ2) is 14.4. The lowest BCUT2D eigenvalue weighted by Gasteiger charge is -2.29. The van der Waals surface area contributed by atoms with E-state index in [2.05, 4.69) is 130 Å². The molecule has 2 aliphatic rings. The third-order valence-electron chi connectivity index (χ3n) is 12.4. The third kappa shape index (κ3) is 6.89. The summed E-state index contributed by atoms with van der Waals surface area (Å²) in [6.45, 7) is 16.8. The second-order valence-electron chi connectivity index (χ2n) is 17.4. The van der Waals surface area contributed by atoms with Gasteiger partial charge >= 0.3 is 0 Å². The Hall–Kier alpha value is -3.39. The van der Waals surface area contributed by atoms with E-state index < -0.39 is 16.9 Å². The fourth-order valence-corrected chi connectivity index (χ4v) is 12.4. The van der Waals surface area contributed by atoms with Crippen molar-refractivity contribution in [3.63, 3.8) is 0 Å². The average Bonchev–Trinajstić information content (AvgIpc) is 3.14. The van der Waals surface area contributed by atoms with E-state index in [0.717, 1.165) is 9.52 Å². The van der Waals surface area contributed by atoms with Crippen molar-refractivity contribution in [3.05, 3.63) is 89.5 Å². The fourth-order valence-electron chi connectivity index (χ4n) is 9.49. The van der Waals surface area contributed by atoms with Gasteiger partial charge in [-0.05, 0) is 119 Å². The van der Waals surface area contributed by atoms with Crippen LogP contribution in [0.2, 0.25) is 39.3 Å². The first-order chi connectivity index (χ1) is 25.1. The topological polar surface area (TPSA) is 24.1 Å². The zero-order valence-electron chi connectivity index (χ0n) is 32.7. The number of benzene rings is 6. The highest BCUT2D eigenvalue weighted by atomic mass is 28.3. The van der Waals surface area contributed by atoms with Crippen molar-refractivity contribution in [2.45, 2.75) is 122 Å². The van der Waals surface area contributed by atoms with Crippen LogP contribution in [0.15, 0.2) is 72.8 Å². The van der Waals surface area contributed by atoms with Crippen molar-refractivity contribution < 1.29 is 0 Å². The fraction of sp³-hybridized carbons (Fsp3) is 0.404. The van der Waals surface area contributed by atoms with E-state index in [-0.39, 0.29) is 0 Å². The number of anilines is 4. The van der Waals surface area contributed by atoms with Gasteiger partial charge in [0.1, 0.15) is 0 Å². The van der Waals surface area contributed by atoms with Crippen molar-refractivity contribution in [2.75, 3.05) is 10.6 Å². The highest BCUT2D eigenvalue weighted by Gasteiger charge is 2.26. The summed E-state index contributed by atoms with van der Waals surface area (Å²) in [6, 6.07) is 29.6. The van der Waals surface area contributed by atoms with Crippen LogP contribution in [-0.4, -0.2) is 26.4 Å². The van der Waals surface area contributed by atoms with Gasteiger partial charge in [0.15, 0.2) is 0 Å². The van der Waals surface area contributed by atoms with E-state index in [4.69, 9.17) is 0 Å². The van der Waals surface area contributed by atoms with Gasteiger partial charge in [-0.25, -0.2) is 0 Å². The van der Waals surface area contributed by atoms with E-state index in [1.165, 1.54) is 135 Å². The summed E-state index contributed by atoms with van der Waals surface area (Å²) in [4.78, 5) is 0. The molecule has 0 atom stereocenters. The van der Waals surface area contributed by atoms with Gasteiger partial charge in [-0.2, -0.15) is 0 Å². The Labute approximate surface area is 318 Å². The minimum absolute atomic E-state index is 0.561. The van der Waals surface area contributed by atoms with Gasteiger partial charge in [0.05, 0.1) is 26.4 Å².